The highest BCUT2D eigenvalue weighted by molar-refractivity contribution is 7.09. The molecule has 0 atom stereocenters. The van der Waals surface area contributed by atoms with Gasteiger partial charge in [0.05, 0.1) is 23.5 Å². The van der Waals surface area contributed by atoms with Gasteiger partial charge in [-0.3, -0.25) is 24.6 Å². The largest absolute Gasteiger partial charge is 0.469 e. The number of thiazole rings is 1. The molecule has 0 aliphatic rings. The summed E-state index contributed by atoms with van der Waals surface area (Å²) in [5, 5.41) is 5.92. The van der Waals surface area contributed by atoms with E-state index >= 15 is 0 Å². The fraction of sp³-hybridized carbons (Fsp3) is 0.436. The van der Waals surface area contributed by atoms with Gasteiger partial charge in [-0.2, -0.15) is 5.10 Å². The number of hydrogen-bond acceptors (Lipinski definition) is 8. The van der Waals surface area contributed by atoms with Gasteiger partial charge in [-0.25, -0.2) is 4.98 Å². The van der Waals surface area contributed by atoms with E-state index in [1.54, 1.807) is 17.6 Å². The van der Waals surface area contributed by atoms with Gasteiger partial charge in [0.2, 0.25) is 0 Å². The second kappa shape index (κ2) is 41.3. The number of hydrogen-bond donors (Lipinski definition) is 0. The van der Waals surface area contributed by atoms with Gasteiger partial charge in [0.15, 0.2) is 0 Å². The van der Waals surface area contributed by atoms with Crippen molar-refractivity contribution in [3.8, 4) is 0 Å². The minimum atomic E-state index is 0.519. The number of aryl methyl sites for hydroxylation is 6. The summed E-state index contributed by atoms with van der Waals surface area (Å²) in [6.07, 6.45) is 13.2. The maximum atomic E-state index is 5.78. The molecule has 0 aliphatic carbocycles. The van der Waals surface area contributed by atoms with Crippen molar-refractivity contribution in [2.45, 2.75) is 213 Å². The minimum absolute atomic E-state index is 0.519. The van der Waals surface area contributed by atoms with Crippen molar-refractivity contribution < 1.29 is 4.42 Å². The Balaban J connectivity index is 0.000000342. The third-order valence-electron chi connectivity index (χ3n) is 14.4. The SMILES string of the molecule is CC(C)c1ccco1.CC(C)c1ccnc2ccccc12.CC(C)c1cncs1.CC(C)c1cnn(C)c1.Cc1cc(C(C)C)cc(Cl)n1.Cc1cc(C(C)C)ccn1.Cc1cc(C(C)C)ccn1.Cc1ccc(C(C)C)cc1.Cc1ccc(C(C)C)n1C. The lowest BCUT2D eigenvalue weighted by Gasteiger charge is -2.08. The summed E-state index contributed by atoms with van der Waals surface area (Å²) in [6, 6.07) is 39.7. The zero-order chi connectivity index (χ0) is 66.9. The molecule has 0 saturated carbocycles. The summed E-state index contributed by atoms with van der Waals surface area (Å²) < 4.78 is 9.16. The van der Waals surface area contributed by atoms with Gasteiger partial charge in [0, 0.05) is 89.7 Å². The van der Waals surface area contributed by atoms with Crippen LogP contribution in [-0.4, -0.2) is 39.3 Å². The highest BCUT2D eigenvalue weighted by atomic mass is 35.5. The standard InChI is InChI=1S/C12H13N.C10H14.C9H12ClN.C9H15N.2C9H13N.C7H12N2.C7H10O.C6H9NS/c1-9(2)10-7-8-13-12-6-4-3-5-11(10)12;1-8(2)10-6-4-9(3)5-7-10;1-6(2)8-4-7(3)11-9(10)5-8;1-7(2)9-6-5-8(3)10(9)4;2*1-7(2)9-4-5-10-8(3)6-9;1-6(2)7-4-8-9(3)5-7;1-6(2)7-4-3-5-8-7;1-5(2)6-3-7-4-8-6/h3-9H,1-2H3;4-8H,1-3H3;4-6H,1-3H3;5-7H,1-4H3;2*4-7H,1-3H3;4-6H,1-3H3;3-6H,1-2H3;3-5H,1-2H3. The van der Waals surface area contributed by atoms with Crippen LogP contribution in [0.1, 0.15) is 256 Å². The number of fused-ring (bicyclic) bond motifs is 1. The molecule has 0 fully saturated rings. The van der Waals surface area contributed by atoms with E-state index in [1.165, 1.54) is 60.6 Å². The van der Waals surface area contributed by atoms with Crippen LogP contribution in [0.15, 0.2) is 169 Å². The second-order valence-corrected chi connectivity index (χ2v) is 26.7. The van der Waals surface area contributed by atoms with Crippen LogP contribution in [0, 0.1) is 34.6 Å². The fourth-order valence-electron chi connectivity index (χ4n) is 8.49. The van der Waals surface area contributed by atoms with E-state index in [-0.39, 0.29) is 0 Å². The zero-order valence-electron chi connectivity index (χ0n) is 59.1. The van der Waals surface area contributed by atoms with Gasteiger partial charge in [-0.15, -0.1) is 11.3 Å². The number of rotatable bonds is 9. The molecule has 482 valence electrons. The Morgan fingerprint density at radius 3 is 1.35 bits per heavy atom. The van der Waals surface area contributed by atoms with Crippen molar-refractivity contribution in [2.24, 2.45) is 14.1 Å². The van der Waals surface area contributed by atoms with Crippen molar-refractivity contribution >= 4 is 33.8 Å². The van der Waals surface area contributed by atoms with Gasteiger partial charge in [-0.1, -0.05) is 184 Å². The average molecular weight is 1240 g/mol. The van der Waals surface area contributed by atoms with Crippen molar-refractivity contribution in [3.63, 3.8) is 0 Å². The van der Waals surface area contributed by atoms with Crippen LogP contribution < -0.4 is 0 Å². The smallest absolute Gasteiger partial charge is 0.129 e. The van der Waals surface area contributed by atoms with Crippen LogP contribution in [0.3, 0.4) is 0 Å². The molecule has 10 aromatic rings. The predicted molar refractivity (Wildman–Crippen MR) is 386 cm³/mol. The van der Waals surface area contributed by atoms with E-state index in [2.05, 4.69) is 271 Å². The number of nitrogens with zero attached hydrogens (tertiary/aromatic N) is 8. The molecule has 0 unspecified atom stereocenters. The Bertz CT molecular complexity index is 3330. The zero-order valence-corrected chi connectivity index (χ0v) is 60.6. The Kier molecular flexibility index (Phi) is 36.3. The lowest BCUT2D eigenvalue weighted by molar-refractivity contribution is 0.487. The Morgan fingerprint density at radius 1 is 0.461 bits per heavy atom. The van der Waals surface area contributed by atoms with Crippen molar-refractivity contribution in [2.75, 3.05) is 0 Å². The van der Waals surface area contributed by atoms with Gasteiger partial charge >= 0.3 is 0 Å². The number of pyridine rings is 4. The predicted octanol–water partition coefficient (Wildman–Crippen LogP) is 23.3. The Hall–Kier alpha value is -7.01. The number of aromatic nitrogens is 8. The lowest BCUT2D eigenvalue weighted by atomic mass is 9.99. The summed E-state index contributed by atoms with van der Waals surface area (Å²) in [6.45, 7) is 49.5. The van der Waals surface area contributed by atoms with Crippen LogP contribution in [0.5, 0.6) is 0 Å². The Labute approximate surface area is 548 Å². The molecule has 10 rings (SSSR count). The maximum Gasteiger partial charge on any atom is 0.129 e. The summed E-state index contributed by atoms with van der Waals surface area (Å²) in [5.74, 6) is 6.42. The normalized spacial score (nSPS) is 10.6. The average Bonchev–Trinajstić information content (AvgIpc) is 4.56. The molecule has 0 amide bonds. The molecule has 0 saturated heterocycles. The molecule has 0 N–H and O–H groups in total. The van der Waals surface area contributed by atoms with E-state index in [4.69, 9.17) is 16.0 Å². The van der Waals surface area contributed by atoms with E-state index in [1.807, 2.05) is 99.5 Å². The van der Waals surface area contributed by atoms with E-state index in [9.17, 15) is 0 Å². The molecule has 89 heavy (non-hydrogen) atoms. The first-order valence-corrected chi connectivity index (χ1v) is 33.1. The molecule has 0 bridgehead atoms. The number of furan rings is 1. The van der Waals surface area contributed by atoms with Crippen LogP contribution in [-0.2, 0) is 14.1 Å². The van der Waals surface area contributed by atoms with Gasteiger partial charge in [-0.05, 0) is 188 Å². The topological polar surface area (TPSA) is 100 Å². The minimum Gasteiger partial charge on any atom is -0.469 e. The quantitative estimate of drug-likeness (QED) is 0.133. The number of para-hydroxylation sites is 1. The molecule has 0 spiro atoms. The molecule has 11 heteroatoms. The van der Waals surface area contributed by atoms with Crippen LogP contribution in [0.4, 0.5) is 0 Å². The molecule has 0 aliphatic heterocycles. The number of benzene rings is 2. The monoisotopic (exact) mass is 1240 g/mol. The summed E-state index contributed by atoms with van der Waals surface area (Å²) >= 11 is 7.50. The molecular formula is C78H111ClN8OS. The second-order valence-electron chi connectivity index (χ2n) is 25.4. The van der Waals surface area contributed by atoms with Crippen molar-refractivity contribution in [1.82, 2.24) is 39.3 Å². The van der Waals surface area contributed by atoms with Crippen molar-refractivity contribution in [1.29, 1.82) is 0 Å². The first kappa shape index (κ1) is 78.1. The van der Waals surface area contributed by atoms with Gasteiger partial charge in [0.25, 0.3) is 0 Å². The van der Waals surface area contributed by atoms with Crippen molar-refractivity contribution in [3.05, 3.63) is 247 Å². The molecule has 2 aromatic carbocycles. The summed E-state index contributed by atoms with van der Waals surface area (Å²) in [7, 11) is 4.05. The number of halogens is 1. The summed E-state index contributed by atoms with van der Waals surface area (Å²) in [5.41, 5.74) is 18.3. The highest BCUT2D eigenvalue weighted by Crippen LogP contribution is 2.24. The highest BCUT2D eigenvalue weighted by Gasteiger charge is 2.07. The molecule has 9 nitrogen and oxygen atoms in total. The third-order valence-corrected chi connectivity index (χ3v) is 15.6. The summed E-state index contributed by atoms with van der Waals surface area (Å²) in [4.78, 5) is 22.0. The van der Waals surface area contributed by atoms with E-state index < -0.39 is 0 Å². The maximum absolute atomic E-state index is 5.78. The molecule has 8 aromatic heterocycles. The van der Waals surface area contributed by atoms with Crippen LogP contribution in [0.25, 0.3) is 10.9 Å². The van der Waals surface area contributed by atoms with Gasteiger partial charge in [0.1, 0.15) is 10.9 Å². The molecule has 8 heterocycles. The molecule has 0 radical (unpaired) electrons. The van der Waals surface area contributed by atoms with Crippen LogP contribution >= 0.6 is 22.9 Å². The van der Waals surface area contributed by atoms with E-state index in [0.717, 1.165) is 28.4 Å². The Morgan fingerprint density at radius 2 is 1.00 bits per heavy atom. The third kappa shape index (κ3) is 30.8. The first-order chi connectivity index (χ1) is 41.9. The van der Waals surface area contributed by atoms with E-state index in [0.29, 0.717) is 58.4 Å². The molecular weight excluding hydrogens is 1130 g/mol. The van der Waals surface area contributed by atoms with Crippen LogP contribution in [0.2, 0.25) is 5.15 Å². The lowest BCUT2D eigenvalue weighted by Crippen LogP contribution is -1.99. The van der Waals surface area contributed by atoms with Gasteiger partial charge < -0.3 is 8.98 Å². The fourth-order valence-corrected chi connectivity index (χ4v) is 9.39. The first-order valence-electron chi connectivity index (χ1n) is 31.8.